The number of hydrogen-bond donors (Lipinski definition) is 0. The van der Waals surface area contributed by atoms with Gasteiger partial charge < -0.3 is 18.9 Å². The Morgan fingerprint density at radius 3 is 1.27 bits per heavy atom. The van der Waals surface area contributed by atoms with Gasteiger partial charge in [-0.3, -0.25) is 0 Å². The lowest BCUT2D eigenvalue weighted by molar-refractivity contribution is -0.0693. The van der Waals surface area contributed by atoms with Crippen molar-refractivity contribution in [1.29, 1.82) is 0 Å². The first-order chi connectivity index (χ1) is 27.2. The maximum Gasteiger partial charge on any atom is 0.127 e. The smallest absolute Gasteiger partial charge is 0.127 e. The molecule has 2 unspecified atom stereocenters. The molecule has 3 aliphatic rings. The van der Waals surface area contributed by atoms with Crippen LogP contribution in [0.2, 0.25) is 0 Å². The molecular weight excluding hydrogens is 677 g/mol. The highest BCUT2D eigenvalue weighted by atomic mass is 16.5. The standard InChI is InChI=1S/C51H50O4/c1-3-35(39-29-52-30-39)33-54-49-25-23-41(27-45(49)37-15-7-5-8-16-37)51(47-21-13-11-19-43(47)44-20-12-14-22-48(44)51)42-24-26-50(46(28-42)38-17-9-6-10-18-38)55-34-36(4-2)40-31-53-32-40/h5-28,35-36,39-40H,3-4,29-34H2,1-2H3. The summed E-state index contributed by atoms with van der Waals surface area (Å²) in [6.45, 7) is 9.20. The summed E-state index contributed by atoms with van der Waals surface area (Å²) in [6, 6.07) is 53.2. The molecule has 278 valence electrons. The van der Waals surface area contributed by atoms with Gasteiger partial charge in [-0.2, -0.15) is 0 Å². The lowest BCUT2D eigenvalue weighted by atomic mass is 9.67. The summed E-state index contributed by atoms with van der Waals surface area (Å²) in [5.74, 6) is 3.88. The quantitative estimate of drug-likeness (QED) is 0.112. The minimum atomic E-state index is -0.595. The Balaban J connectivity index is 1.23. The number of rotatable bonds is 14. The monoisotopic (exact) mass is 726 g/mol. The third-order valence-corrected chi connectivity index (χ3v) is 12.6. The largest absolute Gasteiger partial charge is 0.493 e. The lowest BCUT2D eigenvalue weighted by Crippen LogP contribution is -2.37. The molecule has 2 aliphatic heterocycles. The average Bonchev–Trinajstić information content (AvgIpc) is 3.51. The Kier molecular flexibility index (Phi) is 10.0. The Morgan fingerprint density at radius 2 is 0.891 bits per heavy atom. The maximum absolute atomic E-state index is 6.79. The first kappa shape index (κ1) is 35.5. The fourth-order valence-electron chi connectivity index (χ4n) is 9.11. The Labute approximate surface area is 326 Å². The molecule has 2 atom stereocenters. The summed E-state index contributed by atoms with van der Waals surface area (Å²) in [4.78, 5) is 0. The van der Waals surface area contributed by atoms with Gasteiger partial charge in [0.05, 0.1) is 45.1 Å². The molecular formula is C51H50O4. The molecule has 0 aromatic heterocycles. The normalized spacial score (nSPS) is 17.0. The van der Waals surface area contributed by atoms with E-state index in [4.69, 9.17) is 18.9 Å². The van der Waals surface area contributed by atoms with Crippen molar-refractivity contribution in [3.05, 3.63) is 168 Å². The highest BCUT2D eigenvalue weighted by Crippen LogP contribution is 2.57. The van der Waals surface area contributed by atoms with Crippen LogP contribution in [0.5, 0.6) is 11.5 Å². The molecule has 9 rings (SSSR count). The van der Waals surface area contributed by atoms with Crippen LogP contribution in [-0.4, -0.2) is 39.6 Å². The fourth-order valence-corrected chi connectivity index (χ4v) is 9.11. The van der Waals surface area contributed by atoms with Gasteiger partial charge in [0.25, 0.3) is 0 Å². The zero-order valence-corrected chi connectivity index (χ0v) is 32.0. The van der Waals surface area contributed by atoms with Crippen molar-refractivity contribution in [3.8, 4) is 44.9 Å². The second-order valence-electron chi connectivity index (χ2n) is 15.5. The Bertz CT molecular complexity index is 2080. The summed E-state index contributed by atoms with van der Waals surface area (Å²) in [7, 11) is 0. The van der Waals surface area contributed by atoms with Gasteiger partial charge >= 0.3 is 0 Å². The van der Waals surface area contributed by atoms with Crippen molar-refractivity contribution in [2.45, 2.75) is 32.1 Å². The van der Waals surface area contributed by atoms with E-state index in [-0.39, 0.29) is 0 Å². The van der Waals surface area contributed by atoms with E-state index in [2.05, 4.69) is 159 Å². The SMILES string of the molecule is CCC(COc1ccc(C2(c3ccc(OCC(CC)C4COC4)c(-c4ccccc4)c3)c3ccccc3-c3ccccc32)cc1-c1ccccc1)C1COC1. The van der Waals surface area contributed by atoms with Crippen molar-refractivity contribution in [2.24, 2.45) is 23.7 Å². The van der Waals surface area contributed by atoms with Gasteiger partial charge in [0, 0.05) is 23.0 Å². The molecule has 0 saturated carbocycles. The molecule has 0 radical (unpaired) electrons. The van der Waals surface area contributed by atoms with Crippen LogP contribution in [0.3, 0.4) is 0 Å². The highest BCUT2D eigenvalue weighted by molar-refractivity contribution is 5.88. The van der Waals surface area contributed by atoms with Crippen LogP contribution in [0.25, 0.3) is 33.4 Å². The third kappa shape index (κ3) is 6.46. The second-order valence-corrected chi connectivity index (χ2v) is 15.5. The molecule has 2 fully saturated rings. The minimum absolute atomic E-state index is 0.462. The van der Waals surface area contributed by atoms with Crippen LogP contribution in [0.1, 0.15) is 48.9 Å². The Hall–Kier alpha value is -5.16. The van der Waals surface area contributed by atoms with Gasteiger partial charge in [-0.1, -0.05) is 135 Å². The van der Waals surface area contributed by atoms with Gasteiger partial charge in [0.2, 0.25) is 0 Å². The van der Waals surface area contributed by atoms with Gasteiger partial charge in [-0.15, -0.1) is 0 Å². The molecule has 1 aliphatic carbocycles. The van der Waals surface area contributed by atoms with Gasteiger partial charge in [0.1, 0.15) is 11.5 Å². The van der Waals surface area contributed by atoms with Crippen LogP contribution in [0.15, 0.2) is 146 Å². The van der Waals surface area contributed by atoms with E-state index in [1.165, 1.54) is 33.4 Å². The van der Waals surface area contributed by atoms with E-state index >= 15 is 0 Å². The molecule has 2 saturated heterocycles. The predicted molar refractivity (Wildman–Crippen MR) is 222 cm³/mol. The molecule has 4 heteroatoms. The fraction of sp³-hybridized carbons (Fsp3) is 0.294. The molecule has 2 heterocycles. The Morgan fingerprint density at radius 1 is 0.491 bits per heavy atom. The molecule has 0 spiro atoms. The average molecular weight is 727 g/mol. The van der Waals surface area contributed by atoms with Crippen molar-refractivity contribution in [2.75, 3.05) is 39.6 Å². The number of fused-ring (bicyclic) bond motifs is 3. The zero-order chi connectivity index (χ0) is 37.2. The predicted octanol–water partition coefficient (Wildman–Crippen LogP) is 11.5. The van der Waals surface area contributed by atoms with Gasteiger partial charge in [-0.25, -0.2) is 0 Å². The number of ether oxygens (including phenoxy) is 4. The van der Waals surface area contributed by atoms with E-state index in [1.54, 1.807) is 0 Å². The van der Waals surface area contributed by atoms with E-state index in [1.807, 2.05) is 0 Å². The molecule has 0 bridgehead atoms. The van der Waals surface area contributed by atoms with Crippen LogP contribution in [-0.2, 0) is 14.9 Å². The van der Waals surface area contributed by atoms with Crippen molar-refractivity contribution in [1.82, 2.24) is 0 Å². The topological polar surface area (TPSA) is 36.9 Å². The molecule has 55 heavy (non-hydrogen) atoms. The summed E-state index contributed by atoms with van der Waals surface area (Å²) in [5.41, 5.74) is 11.4. The van der Waals surface area contributed by atoms with E-state index in [9.17, 15) is 0 Å². The van der Waals surface area contributed by atoms with Crippen molar-refractivity contribution >= 4 is 0 Å². The van der Waals surface area contributed by atoms with Crippen LogP contribution >= 0.6 is 0 Å². The van der Waals surface area contributed by atoms with E-state index in [0.717, 1.165) is 73.0 Å². The molecule has 4 nitrogen and oxygen atoms in total. The number of benzene rings is 6. The summed E-state index contributed by atoms with van der Waals surface area (Å²) in [5, 5.41) is 0. The van der Waals surface area contributed by atoms with Crippen LogP contribution < -0.4 is 9.47 Å². The van der Waals surface area contributed by atoms with E-state index < -0.39 is 5.41 Å². The summed E-state index contributed by atoms with van der Waals surface area (Å²) < 4.78 is 24.7. The first-order valence-corrected chi connectivity index (χ1v) is 20.2. The summed E-state index contributed by atoms with van der Waals surface area (Å²) in [6.07, 6.45) is 2.14. The van der Waals surface area contributed by atoms with Crippen molar-refractivity contribution in [3.63, 3.8) is 0 Å². The molecule has 6 aromatic carbocycles. The van der Waals surface area contributed by atoms with Crippen LogP contribution in [0.4, 0.5) is 0 Å². The molecule has 0 amide bonds. The van der Waals surface area contributed by atoms with Crippen LogP contribution in [0, 0.1) is 23.7 Å². The summed E-state index contributed by atoms with van der Waals surface area (Å²) >= 11 is 0. The zero-order valence-electron chi connectivity index (χ0n) is 32.0. The minimum Gasteiger partial charge on any atom is -0.493 e. The lowest BCUT2D eigenvalue weighted by Gasteiger charge is -2.36. The highest BCUT2D eigenvalue weighted by Gasteiger charge is 2.46. The van der Waals surface area contributed by atoms with E-state index in [0.29, 0.717) is 36.9 Å². The van der Waals surface area contributed by atoms with Gasteiger partial charge in [0.15, 0.2) is 0 Å². The van der Waals surface area contributed by atoms with Gasteiger partial charge in [-0.05, 0) is 93.5 Å². The second kappa shape index (κ2) is 15.5. The third-order valence-electron chi connectivity index (χ3n) is 12.6. The molecule has 6 aromatic rings. The maximum atomic E-state index is 6.79. The number of hydrogen-bond acceptors (Lipinski definition) is 4. The van der Waals surface area contributed by atoms with Crippen molar-refractivity contribution < 1.29 is 18.9 Å². The molecule has 0 N–H and O–H groups in total. The first-order valence-electron chi connectivity index (χ1n) is 20.2.